The number of hydrogen-bond donors (Lipinski definition) is 9. The average Bonchev–Trinajstić information content (AvgIpc) is 0.718. The minimum absolute atomic E-state index is 0.0535. The highest BCUT2D eigenvalue weighted by molar-refractivity contribution is 7.85. The van der Waals surface area contributed by atoms with E-state index in [4.69, 9.17) is 38.5 Å². The number of thiazole rings is 1. The molecule has 3 aliphatic carbocycles. The molecule has 0 spiro atoms. The molecule has 12 rings (SSSR count). The fraction of sp³-hybridized carbons (Fsp3) is 0.461. The number of likely N-dealkylation sites (N-methyl/N-ethyl adjacent to an activating group) is 1. The molecule has 5 heterocycles. The van der Waals surface area contributed by atoms with E-state index >= 15 is 0 Å². The monoisotopic (exact) mass is 1540 g/mol. The number of aliphatic hydroxyl groups excluding tert-OH is 3. The number of aliphatic carboxylic acids is 1. The molecule has 3 saturated carbocycles. The van der Waals surface area contributed by atoms with Gasteiger partial charge in [0, 0.05) is 91.4 Å². The van der Waals surface area contributed by atoms with Crippen LogP contribution in [0.15, 0.2) is 109 Å². The van der Waals surface area contributed by atoms with Gasteiger partial charge in [0.25, 0.3) is 27.8 Å². The standard InChI is InChI=1S/C76H87N9O22S2/c1-43-51(48-20-21-53(80-62(48)69(94)95)45-17-16-44-11-10-12-49(50(44)33-45)67(92)82-72-81-54-13-7-8-14-58(54)108-72)36-78-85(43)42-76-35-57(52-24-25-74(2,40-76)39-75(52,3)41-76)103-30-28-83(4)73(98)105-37-46-18-19-47(106-71-65(91)63(89)64(90)66(107-71)70(96)97)34-56(46)104-32-31-102-29-26-77-68(93)55(38-109(99,100)101)79-59(86)15-6-5-9-27-84-60(87)22-23-61(84)88/h7-8,10-14,16-23,33-34,36,52,55,57,63-66,71,89-91H,5-6,9,15,24-32,35,37-42H2,1-4H3,(H,77,93)(H,79,86)(H,94,95)(H,96,97)(H,81,82,92)(H,99,100,101)/t52?,55-,57?,63-,64-,65+,66-,71+,74?,75?,76?/m0/s1. The first-order valence-corrected chi connectivity index (χ1v) is 38.3. The first kappa shape index (κ1) is 78.7. The number of pyridine rings is 1. The van der Waals surface area contributed by atoms with Crippen molar-refractivity contribution in [1.82, 2.24) is 40.2 Å². The molecule has 7 aromatic rings. The summed E-state index contributed by atoms with van der Waals surface area (Å²) in [7, 11) is -3.18. The van der Waals surface area contributed by atoms with E-state index in [1.807, 2.05) is 66.2 Å². The SMILES string of the molecule is Cc1c(-c2ccc(-c3ccc4cccc(C(=O)Nc5nc6ccccc6s5)c4c3)nc2C(=O)O)cnn1CC12CC(OCCN(C)C(=O)OCc3ccc(O[C@@H]4O[C@H](C(=O)O)[C@@H](O)[C@H](O)[C@H]4O)cc3OCCOCCNC(=O)[C@H](CS(=O)(=O)O)NC(=O)CCCCCN3C(=O)C=CC3=O)C3CCC(C)(C1)CC3(C)C2. The summed E-state index contributed by atoms with van der Waals surface area (Å²) in [6.07, 6.45) is 0.108. The van der Waals surface area contributed by atoms with Gasteiger partial charge in [-0.05, 0) is 140 Å². The number of ether oxygens (including phenoxy) is 6. The second kappa shape index (κ2) is 33.2. The van der Waals surface area contributed by atoms with Gasteiger partial charge in [0.05, 0.1) is 48.0 Å². The lowest BCUT2D eigenvalue weighted by atomic mass is 9.41. The van der Waals surface area contributed by atoms with Crippen molar-refractivity contribution in [1.29, 1.82) is 0 Å². The van der Waals surface area contributed by atoms with Crippen molar-refractivity contribution in [3.8, 4) is 33.9 Å². The van der Waals surface area contributed by atoms with E-state index in [2.05, 4.69) is 34.8 Å². The molecule has 0 radical (unpaired) electrons. The number of carbonyl (C=O) groups excluding carboxylic acids is 6. The molecule has 580 valence electrons. The summed E-state index contributed by atoms with van der Waals surface area (Å²) in [5.74, 6) is -6.57. The van der Waals surface area contributed by atoms with E-state index in [1.165, 1.54) is 34.4 Å². The van der Waals surface area contributed by atoms with Gasteiger partial charge < -0.3 is 69.5 Å². The summed E-state index contributed by atoms with van der Waals surface area (Å²) in [6, 6.07) is 24.7. The molecule has 5 aliphatic rings. The van der Waals surface area contributed by atoms with Crippen molar-refractivity contribution in [2.45, 2.75) is 141 Å². The normalized spacial score (nSPS) is 23.9. The molecule has 5 unspecified atom stereocenters. The Bertz CT molecular complexity index is 4730. The predicted molar refractivity (Wildman–Crippen MR) is 393 cm³/mol. The summed E-state index contributed by atoms with van der Waals surface area (Å²) < 4.78 is 71.6. The summed E-state index contributed by atoms with van der Waals surface area (Å²) in [4.78, 5) is 114. The molecule has 3 bridgehead atoms. The molecule has 109 heavy (non-hydrogen) atoms. The number of carboxylic acid groups (broad SMARTS) is 2. The minimum Gasteiger partial charge on any atom is -0.491 e. The number of fused-ring (bicyclic) bond motifs is 4. The number of rotatable bonds is 33. The minimum atomic E-state index is -4.75. The zero-order valence-corrected chi connectivity index (χ0v) is 62.0. The van der Waals surface area contributed by atoms with Crippen molar-refractivity contribution < 1.29 is 105 Å². The van der Waals surface area contributed by atoms with Crippen molar-refractivity contribution in [3.05, 3.63) is 132 Å². The van der Waals surface area contributed by atoms with E-state index < -0.39 is 94.3 Å². The molecule has 6 amide bonds. The van der Waals surface area contributed by atoms with Gasteiger partial charge in [-0.15, -0.1) is 0 Å². The zero-order chi connectivity index (χ0) is 77.7. The van der Waals surface area contributed by atoms with Gasteiger partial charge in [-0.3, -0.25) is 43.4 Å². The highest BCUT2D eigenvalue weighted by Crippen LogP contribution is 2.69. The van der Waals surface area contributed by atoms with Gasteiger partial charge in [-0.1, -0.05) is 68.0 Å². The van der Waals surface area contributed by atoms with Crippen LogP contribution in [0, 0.1) is 29.1 Å². The number of carboxylic acids is 2. The topological polar surface area (TPSA) is 434 Å². The fourth-order valence-corrected chi connectivity index (χ4v) is 17.9. The van der Waals surface area contributed by atoms with Crippen molar-refractivity contribution in [2.75, 3.05) is 64.2 Å². The van der Waals surface area contributed by atoms with E-state index in [0.717, 1.165) is 76.9 Å². The smallest absolute Gasteiger partial charge is 0.409 e. The number of aromatic carboxylic acids is 1. The lowest BCUT2D eigenvalue weighted by Gasteiger charge is -2.66. The maximum Gasteiger partial charge on any atom is 0.409 e. The Morgan fingerprint density at radius 1 is 0.844 bits per heavy atom. The van der Waals surface area contributed by atoms with Gasteiger partial charge in [-0.2, -0.15) is 13.5 Å². The maximum absolute atomic E-state index is 13.8. The Hall–Kier alpha value is -9.84. The lowest BCUT2D eigenvalue weighted by molar-refractivity contribution is -0.271. The number of nitrogens with one attached hydrogen (secondary N) is 3. The predicted octanol–water partition coefficient (Wildman–Crippen LogP) is 6.92. The molecular weight excluding hydrogens is 1460 g/mol. The second-order valence-corrected chi connectivity index (χ2v) is 31.9. The molecule has 4 aromatic carbocycles. The van der Waals surface area contributed by atoms with Crippen LogP contribution in [-0.2, 0) is 66.2 Å². The fourth-order valence-electron chi connectivity index (χ4n) is 16.4. The summed E-state index contributed by atoms with van der Waals surface area (Å²) in [5, 5.41) is 66.5. The van der Waals surface area contributed by atoms with Crippen molar-refractivity contribution in [3.63, 3.8) is 0 Å². The van der Waals surface area contributed by atoms with Crippen molar-refractivity contribution in [2.24, 2.45) is 22.2 Å². The number of imide groups is 1. The number of aromatic nitrogens is 4. The molecule has 1 saturated heterocycles. The number of anilines is 1. The number of hydrogen-bond acceptors (Lipinski definition) is 23. The van der Waals surface area contributed by atoms with Gasteiger partial charge >= 0.3 is 18.0 Å². The molecule has 3 aromatic heterocycles. The van der Waals surface area contributed by atoms with Crippen LogP contribution in [0.2, 0.25) is 0 Å². The highest BCUT2D eigenvalue weighted by atomic mass is 32.2. The maximum atomic E-state index is 13.8. The van der Waals surface area contributed by atoms with Gasteiger partial charge in [0.15, 0.2) is 16.9 Å². The van der Waals surface area contributed by atoms with Crippen LogP contribution in [0.25, 0.3) is 43.4 Å². The summed E-state index contributed by atoms with van der Waals surface area (Å²) in [5.41, 5.74) is 3.94. The van der Waals surface area contributed by atoms with Crippen LogP contribution >= 0.6 is 11.3 Å². The first-order valence-electron chi connectivity index (χ1n) is 35.9. The van der Waals surface area contributed by atoms with E-state index in [9.17, 15) is 76.9 Å². The quantitative estimate of drug-likeness (QED) is 0.0114. The Labute approximate surface area is 630 Å². The molecule has 2 aliphatic heterocycles. The molecular formula is C76H87N9O22S2. The number of carbonyl (C=O) groups is 8. The molecule has 4 fully saturated rings. The zero-order valence-electron chi connectivity index (χ0n) is 60.4. The first-order chi connectivity index (χ1) is 51.9. The molecule has 33 heteroatoms. The van der Waals surface area contributed by atoms with Crippen molar-refractivity contribution >= 4 is 95.1 Å². The number of aliphatic hydroxyl groups is 3. The third kappa shape index (κ3) is 18.4. The largest absolute Gasteiger partial charge is 0.491 e. The Morgan fingerprint density at radius 3 is 2.39 bits per heavy atom. The second-order valence-electron chi connectivity index (χ2n) is 29.3. The van der Waals surface area contributed by atoms with Crippen LogP contribution in [0.1, 0.15) is 110 Å². The third-order valence-electron chi connectivity index (χ3n) is 21.1. The van der Waals surface area contributed by atoms with E-state index in [1.54, 1.807) is 31.4 Å². The number of para-hydroxylation sites is 1. The lowest BCUT2D eigenvalue weighted by Crippen LogP contribution is -2.61. The Morgan fingerprint density at radius 2 is 1.63 bits per heavy atom. The summed E-state index contributed by atoms with van der Waals surface area (Å²) >= 11 is 1.38. The molecule has 31 nitrogen and oxygen atoms in total. The van der Waals surface area contributed by atoms with Gasteiger partial charge in [-0.25, -0.2) is 24.4 Å². The van der Waals surface area contributed by atoms with Gasteiger partial charge in [0.2, 0.25) is 18.1 Å². The Balaban J connectivity index is 0.658. The number of unbranched alkanes of at least 4 members (excludes halogenated alkanes) is 2. The van der Waals surface area contributed by atoms with E-state index in [0.29, 0.717) is 63.4 Å². The van der Waals surface area contributed by atoms with Crippen LogP contribution in [0.4, 0.5) is 9.93 Å². The average molecular weight is 1540 g/mol. The van der Waals surface area contributed by atoms with Gasteiger partial charge in [0.1, 0.15) is 54.8 Å². The number of amides is 6. The summed E-state index contributed by atoms with van der Waals surface area (Å²) in [6.45, 7) is 6.67. The number of benzene rings is 4. The highest BCUT2D eigenvalue weighted by Gasteiger charge is 2.62. The van der Waals surface area contributed by atoms with E-state index in [-0.39, 0.29) is 117 Å². The van der Waals surface area contributed by atoms with Crippen LogP contribution in [-0.4, -0.2) is 217 Å². The van der Waals surface area contributed by atoms with Crippen LogP contribution in [0.5, 0.6) is 11.5 Å². The molecule has 11 atom stereocenters. The van der Waals surface area contributed by atoms with Crippen LogP contribution < -0.4 is 25.4 Å². The Kier molecular flexibility index (Phi) is 24.0. The third-order valence-corrected chi connectivity index (χ3v) is 22.8. The number of nitrogens with zero attached hydrogens (tertiary/aromatic N) is 6. The van der Waals surface area contributed by atoms with Crippen LogP contribution in [0.3, 0.4) is 0 Å². The molecule has 9 N–H and O–H groups in total.